The zero-order chi connectivity index (χ0) is 14.8. The Morgan fingerprint density at radius 3 is 2.68 bits per heavy atom. The van der Waals surface area contributed by atoms with Crippen molar-refractivity contribution in [3.8, 4) is 0 Å². The van der Waals surface area contributed by atoms with Gasteiger partial charge < -0.3 is 9.64 Å². The monoisotopic (exact) mass is 269 g/mol. The molecule has 1 atom stereocenters. The van der Waals surface area contributed by atoms with Crippen molar-refractivity contribution in [3.63, 3.8) is 0 Å². The molecule has 0 fully saturated rings. The first-order chi connectivity index (χ1) is 9.04. The number of nitrogens with zero attached hydrogens (tertiary/aromatic N) is 1. The molecule has 0 saturated heterocycles. The van der Waals surface area contributed by atoms with Crippen LogP contribution in [0.15, 0.2) is 36.3 Å². The fourth-order valence-corrected chi connectivity index (χ4v) is 1.65. The first-order valence-corrected chi connectivity index (χ1v) is 6.54. The molecule has 108 valence electrons. The first kappa shape index (κ1) is 17.4. The average molecular weight is 269 g/mol. The van der Waals surface area contributed by atoms with Gasteiger partial charge in [0.25, 0.3) is 0 Å². The van der Waals surface area contributed by atoms with Crippen molar-refractivity contribution in [3.05, 3.63) is 36.3 Å². The molecule has 0 aromatic carbocycles. The zero-order valence-electron chi connectivity index (χ0n) is 12.3. The topological polar surface area (TPSA) is 29.5 Å². The lowest BCUT2D eigenvalue weighted by Gasteiger charge is -2.28. The molecule has 4 heteroatoms. The molecule has 0 amide bonds. The van der Waals surface area contributed by atoms with Gasteiger partial charge in [0, 0.05) is 18.2 Å². The summed E-state index contributed by atoms with van der Waals surface area (Å²) < 4.78 is 18.1. The fraction of sp³-hybridized carbons (Fsp3) is 0.533. The van der Waals surface area contributed by atoms with Crippen LogP contribution in [-0.2, 0) is 9.53 Å². The van der Waals surface area contributed by atoms with E-state index in [4.69, 9.17) is 0 Å². The minimum atomic E-state index is -0.344. The second-order valence-electron chi connectivity index (χ2n) is 4.10. The molecule has 0 aromatic rings. The fourth-order valence-electron chi connectivity index (χ4n) is 1.65. The SMILES string of the molecule is C=C(C)N(CC(=O)OC)CC1CC=CC=C1F.CC. The van der Waals surface area contributed by atoms with Crippen LogP contribution in [0.2, 0.25) is 0 Å². The normalized spacial score (nSPS) is 16.9. The van der Waals surface area contributed by atoms with Crippen molar-refractivity contribution in [1.82, 2.24) is 4.90 Å². The van der Waals surface area contributed by atoms with Gasteiger partial charge in [-0.2, -0.15) is 0 Å². The third-order valence-electron chi connectivity index (χ3n) is 2.73. The van der Waals surface area contributed by atoms with Crippen molar-refractivity contribution >= 4 is 5.97 Å². The Hall–Kier alpha value is -1.58. The summed E-state index contributed by atoms with van der Waals surface area (Å²) in [6, 6.07) is 0. The van der Waals surface area contributed by atoms with Crippen molar-refractivity contribution < 1.29 is 13.9 Å². The van der Waals surface area contributed by atoms with Gasteiger partial charge in [0.2, 0.25) is 0 Å². The average Bonchev–Trinajstić information content (AvgIpc) is 2.42. The van der Waals surface area contributed by atoms with Crippen LogP contribution < -0.4 is 0 Å². The molecule has 1 aliphatic carbocycles. The largest absolute Gasteiger partial charge is 0.468 e. The number of methoxy groups -OCH3 is 1. The smallest absolute Gasteiger partial charge is 0.325 e. The number of rotatable bonds is 5. The second kappa shape index (κ2) is 9.36. The van der Waals surface area contributed by atoms with Crippen molar-refractivity contribution in [2.24, 2.45) is 5.92 Å². The van der Waals surface area contributed by atoms with Crippen LogP contribution in [-0.4, -0.2) is 31.1 Å². The highest BCUT2D eigenvalue weighted by molar-refractivity contribution is 5.71. The van der Waals surface area contributed by atoms with E-state index < -0.39 is 0 Å². The van der Waals surface area contributed by atoms with Crippen LogP contribution in [0.5, 0.6) is 0 Å². The van der Waals surface area contributed by atoms with Gasteiger partial charge in [0.15, 0.2) is 0 Å². The lowest BCUT2D eigenvalue weighted by atomic mass is 9.98. The molecule has 0 bridgehead atoms. The predicted octanol–water partition coefficient (Wildman–Crippen LogP) is 3.45. The molecule has 19 heavy (non-hydrogen) atoms. The number of hydrogen-bond acceptors (Lipinski definition) is 3. The van der Waals surface area contributed by atoms with Gasteiger partial charge in [-0.15, -0.1) is 0 Å². The maximum Gasteiger partial charge on any atom is 0.325 e. The molecular weight excluding hydrogens is 245 g/mol. The number of carbonyl (C=O) groups excluding carboxylic acids is 1. The Morgan fingerprint density at radius 2 is 2.21 bits per heavy atom. The molecule has 0 N–H and O–H groups in total. The molecule has 0 heterocycles. The van der Waals surface area contributed by atoms with Gasteiger partial charge in [-0.3, -0.25) is 4.79 Å². The molecule has 0 saturated carbocycles. The number of hydrogen-bond donors (Lipinski definition) is 0. The molecular formula is C15H24FNO2. The summed E-state index contributed by atoms with van der Waals surface area (Å²) in [5.41, 5.74) is 0.734. The van der Waals surface area contributed by atoms with E-state index in [1.807, 2.05) is 19.9 Å². The van der Waals surface area contributed by atoms with E-state index in [-0.39, 0.29) is 24.3 Å². The molecule has 1 unspecified atom stereocenters. The summed E-state index contributed by atoms with van der Waals surface area (Å²) in [5, 5.41) is 0. The highest BCUT2D eigenvalue weighted by Gasteiger charge is 2.20. The summed E-state index contributed by atoms with van der Waals surface area (Å²) in [6.45, 7) is 10.1. The highest BCUT2D eigenvalue weighted by Crippen LogP contribution is 2.23. The number of esters is 1. The van der Waals surface area contributed by atoms with Gasteiger partial charge in [-0.05, 0) is 19.4 Å². The number of carbonyl (C=O) groups is 1. The Kier molecular flexibility index (Phi) is 8.58. The van der Waals surface area contributed by atoms with Gasteiger partial charge >= 0.3 is 5.97 Å². The molecule has 0 spiro atoms. The molecule has 3 nitrogen and oxygen atoms in total. The van der Waals surface area contributed by atoms with Crippen LogP contribution in [0.25, 0.3) is 0 Å². The maximum absolute atomic E-state index is 13.5. The van der Waals surface area contributed by atoms with E-state index >= 15 is 0 Å². The summed E-state index contributed by atoms with van der Waals surface area (Å²) >= 11 is 0. The summed E-state index contributed by atoms with van der Waals surface area (Å²) in [6.07, 6.45) is 5.73. The molecule has 0 aromatic heterocycles. The van der Waals surface area contributed by atoms with E-state index in [0.717, 1.165) is 5.70 Å². The zero-order valence-corrected chi connectivity index (χ0v) is 12.3. The Balaban J connectivity index is 0.00000154. The van der Waals surface area contributed by atoms with Gasteiger partial charge in [-0.25, -0.2) is 4.39 Å². The van der Waals surface area contributed by atoms with E-state index in [2.05, 4.69) is 11.3 Å². The molecule has 0 radical (unpaired) electrons. The first-order valence-electron chi connectivity index (χ1n) is 6.54. The predicted molar refractivity (Wildman–Crippen MR) is 76.2 cm³/mol. The second-order valence-corrected chi connectivity index (χ2v) is 4.10. The summed E-state index contributed by atoms with van der Waals surface area (Å²) in [4.78, 5) is 13.0. The van der Waals surface area contributed by atoms with Crippen LogP contribution in [0.1, 0.15) is 27.2 Å². The maximum atomic E-state index is 13.5. The minimum absolute atomic E-state index is 0.110. The van der Waals surface area contributed by atoms with Crippen molar-refractivity contribution in [2.75, 3.05) is 20.2 Å². The summed E-state index contributed by atoms with van der Waals surface area (Å²) in [5.74, 6) is -0.700. The van der Waals surface area contributed by atoms with Crippen LogP contribution in [0.3, 0.4) is 0 Å². The molecule has 1 aliphatic rings. The number of ether oxygens (including phenoxy) is 1. The van der Waals surface area contributed by atoms with Crippen molar-refractivity contribution in [1.29, 1.82) is 0 Å². The van der Waals surface area contributed by atoms with E-state index in [9.17, 15) is 9.18 Å². The molecule has 0 aliphatic heterocycles. The summed E-state index contributed by atoms with van der Waals surface area (Å²) in [7, 11) is 1.34. The quantitative estimate of drug-likeness (QED) is 0.716. The Morgan fingerprint density at radius 1 is 1.58 bits per heavy atom. The van der Waals surface area contributed by atoms with Crippen LogP contribution in [0.4, 0.5) is 4.39 Å². The highest BCUT2D eigenvalue weighted by atomic mass is 19.1. The third kappa shape index (κ3) is 6.22. The lowest BCUT2D eigenvalue weighted by molar-refractivity contribution is -0.141. The van der Waals surface area contributed by atoms with E-state index in [1.54, 1.807) is 17.9 Å². The minimum Gasteiger partial charge on any atom is -0.468 e. The van der Waals surface area contributed by atoms with Crippen LogP contribution >= 0.6 is 0 Å². The van der Waals surface area contributed by atoms with E-state index in [0.29, 0.717) is 13.0 Å². The lowest BCUT2D eigenvalue weighted by Crippen LogP contribution is -2.33. The standard InChI is InChI=1S/C13H18FNO2.C2H6/c1-10(2)15(9-13(16)17-3)8-11-6-4-5-7-12(11)14;1-2/h4-5,7,11H,1,6,8-9H2,2-3H3;1-2H3. The van der Waals surface area contributed by atoms with Gasteiger partial charge in [0.1, 0.15) is 12.4 Å². The van der Waals surface area contributed by atoms with Crippen LogP contribution in [0, 0.1) is 5.92 Å². The Bertz CT molecular complexity index is 361. The number of allylic oxidation sites excluding steroid dienone is 4. The number of halogens is 1. The van der Waals surface area contributed by atoms with Gasteiger partial charge in [-0.1, -0.05) is 32.6 Å². The van der Waals surface area contributed by atoms with E-state index in [1.165, 1.54) is 13.2 Å². The van der Waals surface area contributed by atoms with Gasteiger partial charge in [0.05, 0.1) is 7.11 Å². The molecule has 1 rings (SSSR count). The third-order valence-corrected chi connectivity index (χ3v) is 2.73. The van der Waals surface area contributed by atoms with Crippen molar-refractivity contribution in [2.45, 2.75) is 27.2 Å². The Labute approximate surface area is 115 Å².